The van der Waals surface area contributed by atoms with Crippen LogP contribution in [-0.2, 0) is 9.47 Å². The largest absolute Gasteiger partial charge is 0.504 e. The van der Waals surface area contributed by atoms with Crippen LogP contribution in [-0.4, -0.2) is 49.9 Å². The molecule has 2 aromatic carbocycles. The molecule has 0 spiro atoms. The second-order valence-corrected chi connectivity index (χ2v) is 6.78. The highest BCUT2D eigenvalue weighted by atomic mass is 16.5. The maximum atomic E-state index is 10.1. The van der Waals surface area contributed by atoms with Gasteiger partial charge in [0, 0.05) is 25.6 Å². The molecular formula is C21H26O7. The van der Waals surface area contributed by atoms with Crippen molar-refractivity contribution in [1.29, 1.82) is 0 Å². The van der Waals surface area contributed by atoms with Crippen molar-refractivity contribution in [3.63, 3.8) is 0 Å². The van der Waals surface area contributed by atoms with Crippen LogP contribution in [0.25, 0.3) is 0 Å². The first-order valence-corrected chi connectivity index (χ1v) is 9.03. The topological polar surface area (TPSA) is 97.6 Å². The molecule has 3 N–H and O–H groups in total. The zero-order valence-corrected chi connectivity index (χ0v) is 16.2. The van der Waals surface area contributed by atoms with Gasteiger partial charge in [0.2, 0.25) is 0 Å². The average Bonchev–Trinajstić information content (AvgIpc) is 3.13. The number of benzene rings is 2. The molecule has 0 radical (unpaired) electrons. The summed E-state index contributed by atoms with van der Waals surface area (Å²) in [6.07, 6.45) is -0.711. The van der Waals surface area contributed by atoms with Gasteiger partial charge in [-0.1, -0.05) is 12.1 Å². The summed E-state index contributed by atoms with van der Waals surface area (Å²) in [6, 6.07) is 10.1. The van der Waals surface area contributed by atoms with Crippen molar-refractivity contribution in [2.24, 2.45) is 11.8 Å². The molecule has 152 valence electrons. The molecule has 1 saturated heterocycles. The fourth-order valence-electron chi connectivity index (χ4n) is 3.87. The van der Waals surface area contributed by atoms with E-state index in [0.717, 1.165) is 11.1 Å². The molecule has 7 heteroatoms. The van der Waals surface area contributed by atoms with Gasteiger partial charge in [-0.2, -0.15) is 0 Å². The van der Waals surface area contributed by atoms with Gasteiger partial charge in [-0.25, -0.2) is 0 Å². The fourth-order valence-corrected chi connectivity index (χ4v) is 3.87. The normalized spacial score (nSPS) is 22.8. The molecule has 7 nitrogen and oxygen atoms in total. The molecule has 1 aliphatic rings. The number of hydrogen-bond donors (Lipinski definition) is 3. The first-order chi connectivity index (χ1) is 13.5. The number of phenols is 2. The number of aliphatic hydroxyl groups is 1. The summed E-state index contributed by atoms with van der Waals surface area (Å²) >= 11 is 0. The molecule has 0 aromatic heterocycles. The van der Waals surface area contributed by atoms with E-state index >= 15 is 0 Å². The van der Waals surface area contributed by atoms with Crippen LogP contribution < -0.4 is 9.47 Å². The van der Waals surface area contributed by atoms with E-state index in [9.17, 15) is 15.3 Å². The monoisotopic (exact) mass is 390 g/mol. The molecule has 1 heterocycles. The van der Waals surface area contributed by atoms with Crippen LogP contribution in [0, 0.1) is 11.8 Å². The lowest BCUT2D eigenvalue weighted by Crippen LogP contribution is -2.26. The molecule has 0 bridgehead atoms. The molecule has 3 rings (SSSR count). The number of hydrogen-bond acceptors (Lipinski definition) is 7. The van der Waals surface area contributed by atoms with Crippen LogP contribution in [0.3, 0.4) is 0 Å². The Bertz CT molecular complexity index is 807. The van der Waals surface area contributed by atoms with E-state index < -0.39 is 0 Å². The van der Waals surface area contributed by atoms with Crippen molar-refractivity contribution in [3.05, 3.63) is 47.5 Å². The zero-order chi connectivity index (χ0) is 20.3. The number of rotatable bonds is 7. The standard InChI is InChI=1S/C21H26O7/c1-25-18-8-12(4-6-16(18)23)20(27-3)15-11-28-21(14(15)10-22)13-5-7-17(24)19(9-13)26-2/h4-9,14-15,20-24H,10-11H2,1-3H3/t14-,15-,20-,21+/m0/s1. The third kappa shape index (κ3) is 3.73. The van der Waals surface area contributed by atoms with Crippen LogP contribution >= 0.6 is 0 Å². The summed E-state index contributed by atoms with van der Waals surface area (Å²) in [7, 11) is 4.58. The minimum Gasteiger partial charge on any atom is -0.504 e. The van der Waals surface area contributed by atoms with Crippen LogP contribution in [0.5, 0.6) is 23.0 Å². The highest BCUT2D eigenvalue weighted by Gasteiger charge is 2.43. The van der Waals surface area contributed by atoms with Crippen molar-refractivity contribution in [2.75, 3.05) is 34.5 Å². The van der Waals surface area contributed by atoms with Gasteiger partial charge in [-0.05, 0) is 35.4 Å². The molecule has 0 aliphatic carbocycles. The second-order valence-electron chi connectivity index (χ2n) is 6.78. The third-order valence-corrected chi connectivity index (χ3v) is 5.33. The number of phenolic OH excluding ortho intramolecular Hbond substituents is 2. The minimum atomic E-state index is -0.360. The van der Waals surface area contributed by atoms with Crippen molar-refractivity contribution in [1.82, 2.24) is 0 Å². The van der Waals surface area contributed by atoms with Crippen molar-refractivity contribution < 1.29 is 34.3 Å². The van der Waals surface area contributed by atoms with Gasteiger partial charge in [0.15, 0.2) is 23.0 Å². The van der Waals surface area contributed by atoms with Crippen LogP contribution in [0.1, 0.15) is 23.3 Å². The Morgan fingerprint density at radius 1 is 1.00 bits per heavy atom. The molecule has 2 aromatic rings. The first-order valence-electron chi connectivity index (χ1n) is 9.03. The van der Waals surface area contributed by atoms with Crippen molar-refractivity contribution >= 4 is 0 Å². The Hall–Kier alpha value is -2.48. The van der Waals surface area contributed by atoms with E-state index in [1.165, 1.54) is 14.2 Å². The maximum absolute atomic E-state index is 10.1. The maximum Gasteiger partial charge on any atom is 0.160 e. The quantitative estimate of drug-likeness (QED) is 0.669. The van der Waals surface area contributed by atoms with E-state index in [4.69, 9.17) is 18.9 Å². The van der Waals surface area contributed by atoms with E-state index in [0.29, 0.717) is 18.1 Å². The van der Waals surface area contributed by atoms with E-state index in [1.807, 2.05) is 0 Å². The molecule has 1 fully saturated rings. The van der Waals surface area contributed by atoms with Gasteiger partial charge in [-0.3, -0.25) is 0 Å². The van der Waals surface area contributed by atoms with Gasteiger partial charge in [0.05, 0.1) is 33.0 Å². The molecule has 0 saturated carbocycles. The number of aliphatic hydroxyl groups excluding tert-OH is 1. The van der Waals surface area contributed by atoms with Gasteiger partial charge >= 0.3 is 0 Å². The first kappa shape index (κ1) is 20.3. The minimum absolute atomic E-state index is 0.0484. The van der Waals surface area contributed by atoms with Gasteiger partial charge < -0.3 is 34.3 Å². The predicted molar refractivity (Wildman–Crippen MR) is 102 cm³/mol. The second kappa shape index (κ2) is 8.68. The summed E-state index contributed by atoms with van der Waals surface area (Å²) in [5.74, 6) is 0.475. The zero-order valence-electron chi connectivity index (χ0n) is 16.2. The molecule has 0 amide bonds. The average molecular weight is 390 g/mol. The summed E-state index contributed by atoms with van der Waals surface area (Å²) in [5.41, 5.74) is 1.64. The summed E-state index contributed by atoms with van der Waals surface area (Å²) in [4.78, 5) is 0. The van der Waals surface area contributed by atoms with Gasteiger partial charge in [0.1, 0.15) is 0 Å². The lowest BCUT2D eigenvalue weighted by Gasteiger charge is -2.28. The van der Waals surface area contributed by atoms with Crippen molar-refractivity contribution in [3.8, 4) is 23.0 Å². The molecule has 28 heavy (non-hydrogen) atoms. The van der Waals surface area contributed by atoms with Crippen LogP contribution in [0.2, 0.25) is 0 Å². The Morgan fingerprint density at radius 2 is 1.64 bits per heavy atom. The molecular weight excluding hydrogens is 364 g/mol. The van der Waals surface area contributed by atoms with Crippen molar-refractivity contribution in [2.45, 2.75) is 12.2 Å². The lowest BCUT2D eigenvalue weighted by molar-refractivity contribution is 0.0242. The highest BCUT2D eigenvalue weighted by Crippen LogP contribution is 2.46. The van der Waals surface area contributed by atoms with E-state index in [-0.39, 0.29) is 42.1 Å². The Morgan fingerprint density at radius 3 is 2.25 bits per heavy atom. The molecule has 4 atom stereocenters. The number of aromatic hydroxyl groups is 2. The Labute approximate surface area is 164 Å². The van der Waals surface area contributed by atoms with Gasteiger partial charge in [-0.15, -0.1) is 0 Å². The molecule has 0 unspecified atom stereocenters. The van der Waals surface area contributed by atoms with E-state index in [2.05, 4.69) is 0 Å². The number of methoxy groups -OCH3 is 3. The fraction of sp³-hybridized carbons (Fsp3) is 0.429. The number of ether oxygens (including phenoxy) is 4. The summed E-state index contributed by atoms with van der Waals surface area (Å²) < 4.78 is 22.2. The summed E-state index contributed by atoms with van der Waals surface area (Å²) in [5, 5.41) is 29.8. The van der Waals surface area contributed by atoms with Crippen LogP contribution in [0.4, 0.5) is 0 Å². The third-order valence-electron chi connectivity index (χ3n) is 5.33. The summed E-state index contributed by atoms with van der Waals surface area (Å²) in [6.45, 7) is 0.300. The Balaban J connectivity index is 1.90. The molecule has 1 aliphatic heterocycles. The van der Waals surface area contributed by atoms with E-state index in [1.54, 1.807) is 43.5 Å². The smallest absolute Gasteiger partial charge is 0.160 e. The Kier molecular flexibility index (Phi) is 6.28. The predicted octanol–water partition coefficient (Wildman–Crippen LogP) is 2.80. The lowest BCUT2D eigenvalue weighted by atomic mass is 9.82. The SMILES string of the molecule is COc1cc([C@H]2OC[C@H]([C@@H](OC)c3ccc(O)c(OC)c3)[C@@H]2CO)ccc1O. The highest BCUT2D eigenvalue weighted by molar-refractivity contribution is 5.44. The van der Waals surface area contributed by atoms with Crippen LogP contribution in [0.15, 0.2) is 36.4 Å². The van der Waals surface area contributed by atoms with Gasteiger partial charge in [0.25, 0.3) is 0 Å².